The fraction of sp³-hybridized carbons (Fsp3) is 0.370. The molecule has 2 heterocycles. The second kappa shape index (κ2) is 8.14. The lowest BCUT2D eigenvalue weighted by Gasteiger charge is -2.42. The number of primary amides is 1. The van der Waals surface area contributed by atoms with E-state index >= 15 is 0 Å². The van der Waals surface area contributed by atoms with Crippen LogP contribution >= 0.6 is 0 Å². The van der Waals surface area contributed by atoms with Crippen LogP contribution in [0.4, 0.5) is 0 Å². The molecule has 1 aromatic heterocycles. The lowest BCUT2D eigenvalue weighted by Crippen LogP contribution is -2.47. The van der Waals surface area contributed by atoms with Gasteiger partial charge in [0.15, 0.2) is 0 Å². The molecule has 3 N–H and O–H groups in total. The molecule has 2 unspecified atom stereocenters. The van der Waals surface area contributed by atoms with Crippen LogP contribution in [0.1, 0.15) is 48.4 Å². The first-order valence-corrected chi connectivity index (χ1v) is 11.5. The van der Waals surface area contributed by atoms with Crippen LogP contribution in [-0.4, -0.2) is 35.5 Å². The van der Waals surface area contributed by atoms with Gasteiger partial charge in [0.2, 0.25) is 5.91 Å². The van der Waals surface area contributed by atoms with Gasteiger partial charge in [-0.1, -0.05) is 44.2 Å². The number of aromatic amines is 1. The van der Waals surface area contributed by atoms with Crippen LogP contribution in [0.2, 0.25) is 0 Å². The molecule has 5 rings (SSSR count). The van der Waals surface area contributed by atoms with Crippen LogP contribution in [0.3, 0.4) is 0 Å². The normalized spacial score (nSPS) is 21.2. The fourth-order valence-corrected chi connectivity index (χ4v) is 5.47. The molecule has 32 heavy (non-hydrogen) atoms. The second-order valence-corrected chi connectivity index (χ2v) is 9.17. The molecule has 2 aliphatic rings. The Hall–Kier alpha value is -3.05. The van der Waals surface area contributed by atoms with Crippen LogP contribution in [0.5, 0.6) is 5.75 Å². The minimum absolute atomic E-state index is 0.201. The zero-order valence-corrected chi connectivity index (χ0v) is 19.0. The van der Waals surface area contributed by atoms with Crippen LogP contribution in [0.25, 0.3) is 16.5 Å². The van der Waals surface area contributed by atoms with Crippen molar-refractivity contribution in [2.75, 3.05) is 13.7 Å². The fourth-order valence-electron chi connectivity index (χ4n) is 5.47. The lowest BCUT2D eigenvalue weighted by atomic mass is 9.75. The Morgan fingerprint density at radius 1 is 1.28 bits per heavy atom. The molecule has 1 aliphatic carbocycles. The molecular weight excluding hydrogens is 398 g/mol. The van der Waals surface area contributed by atoms with Crippen molar-refractivity contribution in [1.29, 1.82) is 0 Å². The Balaban J connectivity index is 1.66. The molecule has 0 spiro atoms. The molecular formula is C27H31N3O2. The largest absolute Gasteiger partial charge is 0.496 e. The van der Waals surface area contributed by atoms with Crippen molar-refractivity contribution in [3.05, 3.63) is 70.9 Å². The highest BCUT2D eigenvalue weighted by Crippen LogP contribution is 2.45. The number of ether oxygens (including phenoxy) is 1. The van der Waals surface area contributed by atoms with E-state index in [2.05, 4.69) is 54.2 Å². The van der Waals surface area contributed by atoms with E-state index in [1.807, 2.05) is 18.2 Å². The van der Waals surface area contributed by atoms with Crippen molar-refractivity contribution < 1.29 is 9.53 Å². The number of methoxy groups -OCH3 is 1. The van der Waals surface area contributed by atoms with E-state index in [0.29, 0.717) is 19.0 Å². The van der Waals surface area contributed by atoms with E-state index in [4.69, 9.17) is 10.5 Å². The number of fused-ring (bicyclic) bond motifs is 2. The minimum atomic E-state index is -0.309. The highest BCUT2D eigenvalue weighted by molar-refractivity contribution is 6.00. The van der Waals surface area contributed by atoms with Crippen molar-refractivity contribution >= 4 is 22.4 Å². The van der Waals surface area contributed by atoms with Crippen molar-refractivity contribution in [2.45, 2.75) is 45.2 Å². The van der Waals surface area contributed by atoms with Gasteiger partial charge in [-0.25, -0.2) is 0 Å². The van der Waals surface area contributed by atoms with Crippen LogP contribution in [0.15, 0.2) is 48.7 Å². The Bertz CT molecular complexity index is 1210. The zero-order valence-electron chi connectivity index (χ0n) is 19.0. The smallest absolute Gasteiger partial charge is 0.225 e. The molecule has 3 aromatic rings. The third-order valence-corrected chi connectivity index (χ3v) is 7.35. The van der Waals surface area contributed by atoms with E-state index in [9.17, 15) is 4.79 Å². The molecule has 5 nitrogen and oxygen atoms in total. The number of para-hydroxylation sites is 1. The second-order valence-electron chi connectivity index (χ2n) is 9.17. The highest BCUT2D eigenvalue weighted by atomic mass is 16.5. The van der Waals surface area contributed by atoms with E-state index in [0.717, 1.165) is 24.2 Å². The molecule has 166 valence electrons. The number of hydrogen-bond donors (Lipinski definition) is 2. The summed E-state index contributed by atoms with van der Waals surface area (Å²) >= 11 is 0. The summed E-state index contributed by atoms with van der Waals surface area (Å²) in [5, 5.41) is 1.31. The Morgan fingerprint density at radius 3 is 2.84 bits per heavy atom. The molecule has 0 saturated carbocycles. The number of nitrogens with one attached hydrogen (secondary N) is 1. The summed E-state index contributed by atoms with van der Waals surface area (Å²) < 4.78 is 5.61. The summed E-state index contributed by atoms with van der Waals surface area (Å²) in [7, 11) is 1.71. The Kier molecular flexibility index (Phi) is 5.30. The van der Waals surface area contributed by atoms with E-state index < -0.39 is 0 Å². The number of carbonyl (C=O) groups is 1. The van der Waals surface area contributed by atoms with Crippen LogP contribution in [0, 0.1) is 5.92 Å². The van der Waals surface area contributed by atoms with E-state index in [1.54, 1.807) is 7.11 Å². The Labute approximate surface area is 189 Å². The maximum absolute atomic E-state index is 12.4. The number of benzene rings is 2. The third-order valence-electron chi connectivity index (χ3n) is 7.35. The lowest BCUT2D eigenvalue weighted by molar-refractivity contribution is -0.121. The Morgan fingerprint density at radius 2 is 2.09 bits per heavy atom. The third kappa shape index (κ3) is 3.32. The van der Waals surface area contributed by atoms with Gasteiger partial charge >= 0.3 is 0 Å². The molecule has 0 bridgehead atoms. The minimum Gasteiger partial charge on any atom is -0.496 e. The first-order chi connectivity index (χ1) is 15.5. The number of amides is 1. The summed E-state index contributed by atoms with van der Waals surface area (Å²) in [4.78, 5) is 18.3. The molecule has 1 aliphatic heterocycles. The predicted octanol–water partition coefficient (Wildman–Crippen LogP) is 4.62. The van der Waals surface area contributed by atoms with Crippen molar-refractivity contribution in [3.63, 3.8) is 0 Å². The molecule has 5 heteroatoms. The van der Waals surface area contributed by atoms with E-state index in [-0.39, 0.29) is 17.9 Å². The molecule has 3 atom stereocenters. The van der Waals surface area contributed by atoms with Crippen molar-refractivity contribution in [1.82, 2.24) is 9.88 Å². The molecule has 0 fully saturated rings. The van der Waals surface area contributed by atoms with Crippen LogP contribution in [-0.2, 0) is 17.8 Å². The number of rotatable bonds is 6. The number of carbonyl (C=O) groups excluding carboxylic acids is 1. The van der Waals surface area contributed by atoms with Gasteiger partial charge in [-0.2, -0.15) is 0 Å². The first kappa shape index (κ1) is 20.8. The summed E-state index contributed by atoms with van der Waals surface area (Å²) in [5.41, 5.74) is 13.4. The maximum Gasteiger partial charge on any atom is 0.225 e. The SMILES string of the molecule is CC[C@@H](C)c1ccc2[nH]cc3c2c1C1=CC(C(N)=O)CN(Cc2ccccc2OC)C1C3. The van der Waals surface area contributed by atoms with Crippen molar-refractivity contribution in [2.24, 2.45) is 11.7 Å². The van der Waals surface area contributed by atoms with Gasteiger partial charge < -0.3 is 15.5 Å². The molecule has 0 radical (unpaired) electrons. The monoisotopic (exact) mass is 429 g/mol. The van der Waals surface area contributed by atoms with E-state index in [1.165, 1.54) is 33.2 Å². The molecule has 0 saturated heterocycles. The van der Waals surface area contributed by atoms with Gasteiger partial charge in [-0.3, -0.25) is 9.69 Å². The average molecular weight is 430 g/mol. The zero-order chi connectivity index (χ0) is 22.4. The quantitative estimate of drug-likeness (QED) is 0.601. The predicted molar refractivity (Wildman–Crippen MR) is 129 cm³/mol. The van der Waals surface area contributed by atoms with Gasteiger partial charge in [0.1, 0.15) is 5.75 Å². The van der Waals surface area contributed by atoms with Crippen LogP contribution < -0.4 is 10.5 Å². The van der Waals surface area contributed by atoms with Crippen molar-refractivity contribution in [3.8, 4) is 5.75 Å². The molecule has 2 aromatic carbocycles. The molecule has 1 amide bonds. The number of nitrogens with zero attached hydrogens (tertiary/aromatic N) is 1. The van der Waals surface area contributed by atoms with Gasteiger partial charge in [0.05, 0.1) is 13.0 Å². The van der Waals surface area contributed by atoms with Gasteiger partial charge in [0.25, 0.3) is 0 Å². The topological polar surface area (TPSA) is 71.4 Å². The maximum atomic E-state index is 12.4. The summed E-state index contributed by atoms with van der Waals surface area (Å²) in [5.74, 6) is 0.739. The number of H-pyrrole nitrogens is 1. The summed E-state index contributed by atoms with van der Waals surface area (Å²) in [6.07, 6.45) is 6.30. The average Bonchev–Trinajstić information content (AvgIpc) is 3.23. The summed E-state index contributed by atoms with van der Waals surface area (Å²) in [6.45, 7) is 5.85. The highest BCUT2D eigenvalue weighted by Gasteiger charge is 2.38. The standard InChI is InChI=1S/C27H31N3O2/c1-4-16(2)20-9-10-22-25-18(13-29-22)12-23-21(26(20)25)11-19(27(28)31)15-30(23)14-17-7-5-6-8-24(17)32-3/h5-11,13,16,19,23,29H,4,12,14-15H2,1-3H3,(H2,28,31)/t16-,19?,23?/m1/s1. The van der Waals surface area contributed by atoms with Gasteiger partial charge in [-0.05, 0) is 53.2 Å². The number of nitrogens with two attached hydrogens (primary N) is 1. The van der Waals surface area contributed by atoms with Gasteiger partial charge in [-0.15, -0.1) is 0 Å². The van der Waals surface area contributed by atoms with Gasteiger partial charge in [0, 0.05) is 41.8 Å². The summed E-state index contributed by atoms with van der Waals surface area (Å²) in [6, 6.07) is 12.8. The first-order valence-electron chi connectivity index (χ1n) is 11.5. The number of hydrogen-bond acceptors (Lipinski definition) is 3. The number of aromatic nitrogens is 1.